The molecule has 1 saturated heterocycles. The van der Waals surface area contributed by atoms with Crippen LogP contribution in [0.5, 0.6) is 0 Å². The van der Waals surface area contributed by atoms with E-state index in [2.05, 4.69) is 0 Å². The van der Waals surface area contributed by atoms with Gasteiger partial charge in [0.15, 0.2) is 6.23 Å². The van der Waals surface area contributed by atoms with Crippen LogP contribution in [0.1, 0.15) is 5.56 Å². The topological polar surface area (TPSA) is 108 Å². The zero-order valence-corrected chi connectivity index (χ0v) is 13.3. The number of hydrogen-bond donors (Lipinski definition) is 4. The molecule has 23 heavy (non-hydrogen) atoms. The summed E-state index contributed by atoms with van der Waals surface area (Å²) in [6.07, 6.45) is -1.56. The third-order valence-electron chi connectivity index (χ3n) is 4.16. The zero-order chi connectivity index (χ0) is 16.6. The summed E-state index contributed by atoms with van der Waals surface area (Å²) < 4.78 is 5.64. The van der Waals surface area contributed by atoms with Crippen molar-refractivity contribution in [3.05, 3.63) is 46.9 Å². The fraction of sp³-hybridized carbons (Fsp3) is 0.467. The van der Waals surface area contributed by atoms with Crippen LogP contribution in [0.25, 0.3) is 0 Å². The summed E-state index contributed by atoms with van der Waals surface area (Å²) in [7, 11) is 0. The lowest BCUT2D eigenvalue weighted by Gasteiger charge is -2.29. The van der Waals surface area contributed by atoms with Gasteiger partial charge >= 0.3 is 0 Å². The maximum absolute atomic E-state index is 10.2. The highest BCUT2D eigenvalue weighted by Crippen LogP contribution is 2.28. The molecule has 0 aliphatic carbocycles. The van der Waals surface area contributed by atoms with Crippen molar-refractivity contribution in [2.24, 2.45) is 11.5 Å². The molecule has 1 fully saturated rings. The van der Waals surface area contributed by atoms with E-state index in [1.165, 1.54) is 0 Å². The maximum atomic E-state index is 10.2. The van der Waals surface area contributed by atoms with Crippen molar-refractivity contribution in [1.82, 2.24) is 9.80 Å². The van der Waals surface area contributed by atoms with Crippen LogP contribution in [0.2, 0.25) is 5.02 Å². The Morgan fingerprint density at radius 2 is 1.91 bits per heavy atom. The average Bonchev–Trinajstić information content (AvgIpc) is 3.03. The van der Waals surface area contributed by atoms with E-state index in [9.17, 15) is 10.2 Å². The fourth-order valence-electron chi connectivity index (χ4n) is 2.91. The predicted molar refractivity (Wildman–Crippen MR) is 85.7 cm³/mol. The van der Waals surface area contributed by atoms with E-state index in [-0.39, 0.29) is 6.54 Å². The highest BCUT2D eigenvalue weighted by atomic mass is 35.5. The first-order chi connectivity index (χ1) is 11.0. The van der Waals surface area contributed by atoms with Gasteiger partial charge in [-0.2, -0.15) is 0 Å². The summed E-state index contributed by atoms with van der Waals surface area (Å²) in [5, 5.41) is 20.8. The predicted octanol–water partition coefficient (Wildman–Crippen LogP) is -0.422. The first kappa shape index (κ1) is 16.4. The summed E-state index contributed by atoms with van der Waals surface area (Å²) in [5.74, 6) is 0.480. The molecule has 2 aliphatic rings. The van der Waals surface area contributed by atoms with E-state index < -0.39 is 24.5 Å². The van der Waals surface area contributed by atoms with Gasteiger partial charge in [-0.1, -0.05) is 23.7 Å². The molecule has 1 aromatic carbocycles. The normalized spacial score (nSPS) is 30.9. The summed E-state index contributed by atoms with van der Waals surface area (Å²) in [6.45, 7) is 1.25. The smallest absolute Gasteiger partial charge is 0.162 e. The molecule has 7 nitrogen and oxygen atoms in total. The van der Waals surface area contributed by atoms with Crippen LogP contribution >= 0.6 is 11.6 Å². The SMILES string of the molecule is NC[C@H]1O[C@@H](N2CN(Cc3ccc(Cl)cc3)C=C2N)[C@H](O)[C@@H]1O. The van der Waals surface area contributed by atoms with E-state index in [1.54, 1.807) is 11.1 Å². The summed E-state index contributed by atoms with van der Waals surface area (Å²) in [4.78, 5) is 3.72. The van der Waals surface area contributed by atoms with Crippen molar-refractivity contribution in [1.29, 1.82) is 0 Å². The molecular weight excluding hydrogens is 320 g/mol. The molecule has 0 saturated carbocycles. The first-order valence-corrected chi connectivity index (χ1v) is 7.81. The van der Waals surface area contributed by atoms with Crippen LogP contribution in [-0.4, -0.2) is 57.8 Å². The number of nitrogens with zero attached hydrogens (tertiary/aromatic N) is 2. The highest BCUT2D eigenvalue weighted by Gasteiger charge is 2.46. The Hall–Kier alpha value is -1.51. The third-order valence-corrected chi connectivity index (χ3v) is 4.41. The number of ether oxygens (including phenoxy) is 1. The van der Waals surface area contributed by atoms with Crippen molar-refractivity contribution >= 4 is 11.6 Å². The highest BCUT2D eigenvalue weighted by molar-refractivity contribution is 6.30. The van der Waals surface area contributed by atoms with E-state index in [1.807, 2.05) is 29.2 Å². The van der Waals surface area contributed by atoms with E-state index in [0.29, 0.717) is 24.1 Å². The van der Waals surface area contributed by atoms with Crippen LogP contribution in [0.3, 0.4) is 0 Å². The van der Waals surface area contributed by atoms with Crippen molar-refractivity contribution < 1.29 is 14.9 Å². The number of rotatable bonds is 4. The molecule has 2 heterocycles. The first-order valence-electron chi connectivity index (χ1n) is 7.43. The van der Waals surface area contributed by atoms with Gasteiger partial charge in [-0.05, 0) is 17.7 Å². The maximum Gasteiger partial charge on any atom is 0.162 e. The van der Waals surface area contributed by atoms with Crippen LogP contribution < -0.4 is 11.5 Å². The number of aliphatic hydroxyl groups excluding tert-OH is 2. The summed E-state index contributed by atoms with van der Waals surface area (Å²) in [5.41, 5.74) is 12.7. The van der Waals surface area contributed by atoms with Crippen LogP contribution in [-0.2, 0) is 11.3 Å². The standard InChI is InChI=1S/C15H21ClN4O3/c16-10-3-1-9(2-4-10)6-19-7-12(18)20(8-19)15-14(22)13(21)11(5-17)23-15/h1-4,7,11,13-15,21-22H,5-6,8,17-18H2/t11-,13-,14-,15-/m1/s1. The second-order valence-electron chi connectivity index (χ2n) is 5.82. The Balaban J connectivity index is 1.66. The number of hydrogen-bond acceptors (Lipinski definition) is 7. The molecule has 0 bridgehead atoms. The van der Waals surface area contributed by atoms with E-state index in [4.69, 9.17) is 27.8 Å². The fourth-order valence-corrected chi connectivity index (χ4v) is 3.03. The quantitative estimate of drug-likeness (QED) is 0.589. The van der Waals surface area contributed by atoms with Crippen molar-refractivity contribution in [2.75, 3.05) is 13.2 Å². The van der Waals surface area contributed by atoms with Gasteiger partial charge in [-0.15, -0.1) is 0 Å². The lowest BCUT2D eigenvalue weighted by Crippen LogP contribution is -2.45. The molecule has 0 spiro atoms. The molecule has 0 aromatic heterocycles. The average molecular weight is 341 g/mol. The Morgan fingerprint density at radius 1 is 1.22 bits per heavy atom. The monoisotopic (exact) mass is 340 g/mol. The molecule has 0 unspecified atom stereocenters. The molecule has 2 aliphatic heterocycles. The lowest BCUT2D eigenvalue weighted by atomic mass is 10.1. The Morgan fingerprint density at radius 3 is 2.52 bits per heavy atom. The minimum absolute atomic E-state index is 0.140. The van der Waals surface area contributed by atoms with Crippen molar-refractivity contribution in [3.8, 4) is 0 Å². The minimum Gasteiger partial charge on any atom is -0.387 e. The molecule has 1 aromatic rings. The Bertz CT molecular complexity index is 583. The Labute approximate surface area is 139 Å². The van der Waals surface area contributed by atoms with Gasteiger partial charge in [0.05, 0.1) is 6.67 Å². The lowest BCUT2D eigenvalue weighted by molar-refractivity contribution is -0.0782. The van der Waals surface area contributed by atoms with Crippen LogP contribution in [0, 0.1) is 0 Å². The van der Waals surface area contributed by atoms with Crippen molar-refractivity contribution in [3.63, 3.8) is 0 Å². The number of benzene rings is 1. The summed E-state index contributed by atoms with van der Waals surface area (Å²) >= 11 is 5.89. The molecule has 3 rings (SSSR count). The largest absolute Gasteiger partial charge is 0.387 e. The zero-order valence-electron chi connectivity index (χ0n) is 12.5. The van der Waals surface area contributed by atoms with Gasteiger partial charge < -0.3 is 36.2 Å². The van der Waals surface area contributed by atoms with Gasteiger partial charge in [0.1, 0.15) is 24.1 Å². The molecule has 6 N–H and O–H groups in total. The van der Waals surface area contributed by atoms with Gasteiger partial charge in [0.25, 0.3) is 0 Å². The van der Waals surface area contributed by atoms with Crippen LogP contribution in [0.4, 0.5) is 0 Å². The minimum atomic E-state index is -1.05. The third kappa shape index (κ3) is 3.24. The van der Waals surface area contributed by atoms with E-state index in [0.717, 1.165) is 5.56 Å². The van der Waals surface area contributed by atoms with Crippen LogP contribution in [0.15, 0.2) is 36.3 Å². The number of aliphatic hydroxyl groups is 2. The van der Waals surface area contributed by atoms with Gasteiger partial charge in [-0.3, -0.25) is 0 Å². The molecule has 8 heteroatoms. The Kier molecular flexibility index (Phi) is 4.65. The molecule has 126 valence electrons. The molecule has 0 amide bonds. The molecular formula is C15H21ClN4O3. The number of nitrogens with two attached hydrogens (primary N) is 2. The van der Waals surface area contributed by atoms with Gasteiger partial charge in [0.2, 0.25) is 0 Å². The second kappa shape index (κ2) is 6.54. The van der Waals surface area contributed by atoms with Gasteiger partial charge in [-0.25, -0.2) is 0 Å². The molecule has 0 radical (unpaired) electrons. The number of halogens is 1. The van der Waals surface area contributed by atoms with Gasteiger partial charge in [0, 0.05) is 24.3 Å². The van der Waals surface area contributed by atoms with Crippen molar-refractivity contribution in [2.45, 2.75) is 31.1 Å². The van der Waals surface area contributed by atoms with E-state index >= 15 is 0 Å². The summed E-state index contributed by atoms with van der Waals surface area (Å²) in [6, 6.07) is 7.57. The second-order valence-corrected chi connectivity index (χ2v) is 6.26. The molecule has 4 atom stereocenters.